The van der Waals surface area contributed by atoms with Crippen LogP contribution < -0.4 is 10.0 Å². The summed E-state index contributed by atoms with van der Waals surface area (Å²) in [6, 6.07) is 9.87. The van der Waals surface area contributed by atoms with Gasteiger partial charge in [0.05, 0.1) is 11.4 Å². The first-order valence-electron chi connectivity index (χ1n) is 7.57. The molecule has 0 fully saturated rings. The third-order valence-electron chi connectivity index (χ3n) is 3.87. The Morgan fingerprint density at radius 1 is 1.23 bits per heavy atom. The van der Waals surface area contributed by atoms with Gasteiger partial charge in [-0.3, -0.25) is 9.52 Å². The van der Waals surface area contributed by atoms with E-state index in [0.717, 1.165) is 10.6 Å². The number of thiazole rings is 1. The van der Waals surface area contributed by atoms with Crippen LogP contribution in [0.5, 0.6) is 0 Å². The van der Waals surface area contributed by atoms with Crippen LogP contribution in [0, 0.1) is 0 Å². The van der Waals surface area contributed by atoms with Gasteiger partial charge in [0.25, 0.3) is 10.0 Å². The number of hydrogen-bond donors (Lipinski definition) is 2. The topological polar surface area (TPSA) is 88.2 Å². The lowest BCUT2D eigenvalue weighted by Crippen LogP contribution is -2.14. The number of carbonyl (C=O) groups excluding carboxylic acids is 1. The second kappa shape index (κ2) is 6.39. The summed E-state index contributed by atoms with van der Waals surface area (Å²) < 4.78 is 28.1. The number of sulfonamides is 1. The highest BCUT2D eigenvalue weighted by Crippen LogP contribution is 2.33. The van der Waals surface area contributed by atoms with Crippen LogP contribution >= 0.6 is 22.9 Å². The fraction of sp³-hybridized carbons (Fsp3) is 0.0588. The van der Waals surface area contributed by atoms with Crippen LogP contribution in [-0.2, 0) is 21.2 Å². The second-order valence-electron chi connectivity index (χ2n) is 5.69. The number of benzene rings is 2. The molecule has 2 aromatic carbocycles. The zero-order chi connectivity index (χ0) is 18.3. The molecule has 0 saturated carbocycles. The van der Waals surface area contributed by atoms with Gasteiger partial charge in [-0.2, -0.15) is 0 Å². The lowest BCUT2D eigenvalue weighted by Gasteiger charge is -2.12. The van der Waals surface area contributed by atoms with Crippen LogP contribution in [0.1, 0.15) is 5.56 Å². The van der Waals surface area contributed by atoms with Gasteiger partial charge in [0.2, 0.25) is 5.91 Å². The largest absolute Gasteiger partial charge is 0.325 e. The molecule has 6 nitrogen and oxygen atoms in total. The van der Waals surface area contributed by atoms with Crippen molar-refractivity contribution in [3.8, 4) is 10.6 Å². The minimum absolute atomic E-state index is 0.0505. The summed E-state index contributed by atoms with van der Waals surface area (Å²) >= 11 is 7.61. The number of nitrogens with one attached hydrogen (secondary N) is 2. The fourth-order valence-corrected chi connectivity index (χ4v) is 4.99. The highest BCUT2D eigenvalue weighted by Gasteiger charge is 2.25. The van der Waals surface area contributed by atoms with Gasteiger partial charge in [-0.15, -0.1) is 11.3 Å². The normalized spacial score (nSPS) is 13.3. The van der Waals surface area contributed by atoms with Gasteiger partial charge in [0, 0.05) is 28.5 Å². The molecule has 4 rings (SSSR count). The van der Waals surface area contributed by atoms with E-state index in [2.05, 4.69) is 15.0 Å². The van der Waals surface area contributed by atoms with Crippen LogP contribution in [0.4, 0.5) is 11.4 Å². The quantitative estimate of drug-likeness (QED) is 0.691. The van der Waals surface area contributed by atoms with Crippen LogP contribution in [0.25, 0.3) is 10.6 Å². The minimum Gasteiger partial charge on any atom is -0.325 e. The van der Waals surface area contributed by atoms with Gasteiger partial charge in [0.1, 0.15) is 9.90 Å². The molecule has 26 heavy (non-hydrogen) atoms. The maximum Gasteiger partial charge on any atom is 0.263 e. The standard InChI is InChI=1S/C17H12ClN3O3S2/c18-13-9-14-11(8-16(22)20-14)7-15(13)26(23,24)21-12-3-1-2-10(6-12)17-19-4-5-25-17/h1-7,9,21H,8H2,(H,20,22). The molecule has 0 bridgehead atoms. The molecule has 0 spiro atoms. The molecular weight excluding hydrogens is 394 g/mol. The number of aromatic nitrogens is 1. The summed E-state index contributed by atoms with van der Waals surface area (Å²) in [5.74, 6) is -0.185. The van der Waals surface area contributed by atoms with E-state index in [1.165, 1.54) is 23.5 Å². The number of nitrogens with zero attached hydrogens (tertiary/aromatic N) is 1. The maximum absolute atomic E-state index is 12.8. The Labute approximate surface area is 158 Å². The lowest BCUT2D eigenvalue weighted by molar-refractivity contribution is -0.115. The third kappa shape index (κ3) is 3.18. The number of halogens is 1. The van der Waals surface area contributed by atoms with Gasteiger partial charge in [-0.1, -0.05) is 23.7 Å². The lowest BCUT2D eigenvalue weighted by atomic mass is 10.2. The van der Waals surface area contributed by atoms with Gasteiger partial charge >= 0.3 is 0 Å². The number of amides is 1. The van der Waals surface area contributed by atoms with Gasteiger partial charge < -0.3 is 5.32 Å². The molecule has 0 atom stereocenters. The van der Waals surface area contributed by atoms with Crippen molar-refractivity contribution in [3.05, 3.63) is 58.6 Å². The molecule has 1 aliphatic rings. The molecule has 0 aliphatic carbocycles. The van der Waals surface area contributed by atoms with E-state index in [0.29, 0.717) is 16.9 Å². The van der Waals surface area contributed by atoms with Gasteiger partial charge in [-0.05, 0) is 29.8 Å². The molecule has 9 heteroatoms. The minimum atomic E-state index is -3.91. The molecule has 0 saturated heterocycles. The molecule has 1 amide bonds. The van der Waals surface area contributed by atoms with E-state index in [1.807, 2.05) is 11.4 Å². The predicted octanol–water partition coefficient (Wildman–Crippen LogP) is 3.76. The third-order valence-corrected chi connectivity index (χ3v) is 6.53. The van der Waals surface area contributed by atoms with E-state index in [4.69, 9.17) is 11.6 Å². The smallest absolute Gasteiger partial charge is 0.263 e. The van der Waals surface area contributed by atoms with Gasteiger partial charge in [0.15, 0.2) is 0 Å². The maximum atomic E-state index is 12.8. The number of hydrogen-bond acceptors (Lipinski definition) is 5. The molecule has 1 aromatic heterocycles. The van der Waals surface area contributed by atoms with Crippen molar-refractivity contribution in [2.24, 2.45) is 0 Å². The summed E-state index contributed by atoms with van der Waals surface area (Å²) in [4.78, 5) is 15.7. The monoisotopic (exact) mass is 405 g/mol. The van der Waals surface area contributed by atoms with Crippen molar-refractivity contribution in [1.29, 1.82) is 0 Å². The summed E-state index contributed by atoms with van der Waals surface area (Å²) in [7, 11) is -3.91. The van der Waals surface area contributed by atoms with Crippen LogP contribution in [0.15, 0.2) is 52.9 Å². The Balaban J connectivity index is 1.68. The number of carbonyl (C=O) groups is 1. The molecule has 132 valence electrons. The molecule has 3 aromatic rings. The molecular formula is C17H12ClN3O3S2. The Morgan fingerprint density at radius 3 is 2.85 bits per heavy atom. The second-order valence-corrected chi connectivity index (χ2v) is 8.64. The average molecular weight is 406 g/mol. The first kappa shape index (κ1) is 17.0. The van der Waals surface area contributed by atoms with E-state index in [-0.39, 0.29) is 22.2 Å². The van der Waals surface area contributed by atoms with Crippen molar-refractivity contribution in [1.82, 2.24) is 4.98 Å². The Hall–Kier alpha value is -2.42. The zero-order valence-corrected chi connectivity index (χ0v) is 15.6. The van der Waals surface area contributed by atoms with Crippen molar-refractivity contribution >= 4 is 50.2 Å². The summed E-state index contributed by atoms with van der Waals surface area (Å²) in [5, 5.41) is 5.35. The van der Waals surface area contributed by atoms with E-state index in [9.17, 15) is 13.2 Å². The molecule has 0 unspecified atom stereocenters. The highest BCUT2D eigenvalue weighted by atomic mass is 35.5. The van der Waals surface area contributed by atoms with Crippen LogP contribution in [0.2, 0.25) is 5.02 Å². The Bertz CT molecular complexity index is 1110. The fourth-order valence-electron chi connectivity index (χ4n) is 2.72. The predicted molar refractivity (Wildman–Crippen MR) is 102 cm³/mol. The number of fused-ring (bicyclic) bond motifs is 1. The van der Waals surface area contributed by atoms with Crippen molar-refractivity contribution < 1.29 is 13.2 Å². The first-order chi connectivity index (χ1) is 12.4. The molecule has 2 N–H and O–H groups in total. The Morgan fingerprint density at radius 2 is 2.08 bits per heavy atom. The average Bonchev–Trinajstić information content (AvgIpc) is 3.22. The zero-order valence-electron chi connectivity index (χ0n) is 13.2. The van der Waals surface area contributed by atoms with E-state index >= 15 is 0 Å². The highest BCUT2D eigenvalue weighted by molar-refractivity contribution is 7.92. The van der Waals surface area contributed by atoms with E-state index in [1.54, 1.807) is 24.4 Å². The van der Waals surface area contributed by atoms with Crippen LogP contribution in [-0.4, -0.2) is 19.3 Å². The number of rotatable bonds is 4. The number of anilines is 2. The summed E-state index contributed by atoms with van der Waals surface area (Å²) in [6.07, 6.45) is 1.82. The van der Waals surface area contributed by atoms with Crippen molar-refractivity contribution in [2.75, 3.05) is 10.0 Å². The van der Waals surface area contributed by atoms with E-state index < -0.39 is 10.0 Å². The molecule has 0 radical (unpaired) electrons. The SMILES string of the molecule is O=C1Cc2cc(S(=O)(=O)Nc3cccc(-c4nccs4)c3)c(Cl)cc2N1. The van der Waals surface area contributed by atoms with Gasteiger partial charge in [-0.25, -0.2) is 13.4 Å². The Kier molecular flexibility index (Phi) is 4.18. The molecule has 2 heterocycles. The summed E-state index contributed by atoms with van der Waals surface area (Å²) in [5.41, 5.74) is 2.37. The summed E-state index contributed by atoms with van der Waals surface area (Å²) in [6.45, 7) is 0. The van der Waals surface area contributed by atoms with Crippen molar-refractivity contribution in [3.63, 3.8) is 0 Å². The van der Waals surface area contributed by atoms with Crippen molar-refractivity contribution in [2.45, 2.75) is 11.3 Å². The first-order valence-corrected chi connectivity index (χ1v) is 10.3. The van der Waals surface area contributed by atoms with Crippen LogP contribution in [0.3, 0.4) is 0 Å². The molecule has 1 aliphatic heterocycles.